The van der Waals surface area contributed by atoms with Gasteiger partial charge >= 0.3 is 0 Å². The Morgan fingerprint density at radius 3 is 2.70 bits per heavy atom. The van der Waals surface area contributed by atoms with Crippen molar-refractivity contribution in [3.63, 3.8) is 0 Å². The zero-order chi connectivity index (χ0) is 20.8. The molecule has 0 fully saturated rings. The van der Waals surface area contributed by atoms with Crippen LogP contribution in [0.1, 0.15) is 27.2 Å². The second-order valence-corrected chi connectivity index (χ2v) is 8.56. The Hall–Kier alpha value is -3.12. The number of amides is 1. The summed E-state index contributed by atoms with van der Waals surface area (Å²) in [5.74, 6) is -0.234. The Morgan fingerprint density at radius 1 is 1.07 bits per heavy atom. The van der Waals surface area contributed by atoms with Crippen LogP contribution >= 0.6 is 15.9 Å². The second kappa shape index (κ2) is 7.29. The predicted octanol–water partition coefficient (Wildman–Crippen LogP) is 4.79. The number of aromatic nitrogens is 2. The van der Waals surface area contributed by atoms with Crippen LogP contribution in [-0.4, -0.2) is 27.3 Å². The van der Waals surface area contributed by atoms with Crippen molar-refractivity contribution in [2.75, 3.05) is 6.54 Å². The maximum atomic E-state index is 13.1. The summed E-state index contributed by atoms with van der Waals surface area (Å²) in [4.78, 5) is 34.0. The lowest BCUT2D eigenvalue weighted by Crippen LogP contribution is -2.38. The predicted molar refractivity (Wildman–Crippen MR) is 122 cm³/mol. The molecule has 1 amide bonds. The van der Waals surface area contributed by atoms with E-state index in [1.165, 1.54) is 0 Å². The molecule has 0 atom stereocenters. The number of pyridine rings is 1. The van der Waals surface area contributed by atoms with Gasteiger partial charge in [-0.15, -0.1) is 0 Å². The molecule has 0 spiro atoms. The van der Waals surface area contributed by atoms with Gasteiger partial charge in [0.2, 0.25) is 0 Å². The van der Waals surface area contributed by atoms with Gasteiger partial charge in [0.25, 0.3) is 11.5 Å². The van der Waals surface area contributed by atoms with Crippen LogP contribution in [-0.2, 0) is 13.0 Å². The van der Waals surface area contributed by atoms with E-state index in [-0.39, 0.29) is 17.0 Å². The Balaban J connectivity index is 1.45. The maximum Gasteiger partial charge on any atom is 0.261 e. The number of para-hydroxylation sites is 1. The number of aromatic amines is 2. The third-order valence-electron chi connectivity index (χ3n) is 5.72. The van der Waals surface area contributed by atoms with Crippen LogP contribution in [0.5, 0.6) is 0 Å². The number of carbonyl (C=O) groups is 1. The first-order valence-corrected chi connectivity index (χ1v) is 10.7. The minimum absolute atomic E-state index is 0.177. The summed E-state index contributed by atoms with van der Waals surface area (Å²) >= 11 is 3.59. The van der Waals surface area contributed by atoms with Crippen LogP contribution in [0.25, 0.3) is 22.2 Å². The molecule has 0 aliphatic carbocycles. The molecule has 2 N–H and O–H groups in total. The quantitative estimate of drug-likeness (QED) is 0.450. The molecule has 0 bridgehead atoms. The van der Waals surface area contributed by atoms with E-state index in [9.17, 15) is 9.59 Å². The molecule has 2 aromatic carbocycles. The van der Waals surface area contributed by atoms with Gasteiger partial charge in [0.05, 0.1) is 5.52 Å². The second-order valence-electron chi connectivity index (χ2n) is 7.71. The zero-order valence-electron chi connectivity index (χ0n) is 16.5. The molecule has 30 heavy (non-hydrogen) atoms. The monoisotopic (exact) mass is 461 g/mol. The standard InChI is InChI=1S/C24H20BrN3O2/c1-14-4-2-5-15(12-14)20-9-8-17(23(29)27-20)24(30)28-11-10-21-18(13-28)16-6-3-7-19(25)22(16)26-21/h2-9,12,26H,10-11,13H2,1H3,(H,27,29). The van der Waals surface area contributed by atoms with Crippen molar-refractivity contribution < 1.29 is 4.79 Å². The third-order valence-corrected chi connectivity index (χ3v) is 6.38. The first-order valence-electron chi connectivity index (χ1n) is 9.89. The van der Waals surface area contributed by atoms with Crippen molar-refractivity contribution in [3.05, 3.63) is 91.8 Å². The van der Waals surface area contributed by atoms with Gasteiger partial charge in [0, 0.05) is 46.3 Å². The SMILES string of the molecule is Cc1cccc(-c2ccc(C(=O)N3CCc4[nH]c5c(Br)cccc5c4C3)c(=O)[nH]2)c1. The molecule has 3 heterocycles. The molecule has 4 aromatic rings. The van der Waals surface area contributed by atoms with Crippen LogP contribution in [0.15, 0.2) is 63.9 Å². The van der Waals surface area contributed by atoms with E-state index in [0.717, 1.165) is 44.2 Å². The highest BCUT2D eigenvalue weighted by atomic mass is 79.9. The van der Waals surface area contributed by atoms with Crippen molar-refractivity contribution in [2.45, 2.75) is 19.9 Å². The minimum atomic E-state index is -0.355. The number of aryl methyl sites for hydroxylation is 1. The molecule has 1 aliphatic rings. The zero-order valence-corrected chi connectivity index (χ0v) is 18.0. The third kappa shape index (κ3) is 3.17. The normalized spacial score (nSPS) is 13.5. The summed E-state index contributed by atoms with van der Waals surface area (Å²) in [6, 6.07) is 17.4. The molecule has 2 aromatic heterocycles. The number of nitrogens with one attached hydrogen (secondary N) is 2. The van der Waals surface area contributed by atoms with Crippen LogP contribution in [0.4, 0.5) is 0 Å². The number of benzene rings is 2. The van der Waals surface area contributed by atoms with Gasteiger partial charge < -0.3 is 14.9 Å². The van der Waals surface area contributed by atoms with Crippen molar-refractivity contribution in [1.29, 1.82) is 0 Å². The fraction of sp³-hybridized carbons (Fsp3) is 0.167. The Morgan fingerprint density at radius 2 is 1.90 bits per heavy atom. The van der Waals surface area contributed by atoms with Gasteiger partial charge in [-0.05, 0) is 52.7 Å². The number of H-pyrrole nitrogens is 2. The number of nitrogens with zero attached hydrogens (tertiary/aromatic N) is 1. The van der Waals surface area contributed by atoms with E-state index in [1.807, 2.05) is 49.4 Å². The Labute approximate surface area is 181 Å². The smallest absolute Gasteiger partial charge is 0.261 e. The van der Waals surface area contributed by atoms with Crippen LogP contribution in [0.3, 0.4) is 0 Å². The molecule has 150 valence electrons. The maximum absolute atomic E-state index is 13.1. The van der Waals surface area contributed by atoms with E-state index in [1.54, 1.807) is 11.0 Å². The van der Waals surface area contributed by atoms with Gasteiger partial charge in [-0.2, -0.15) is 0 Å². The molecule has 5 rings (SSSR count). The molecule has 0 radical (unpaired) electrons. The number of hydrogen-bond acceptors (Lipinski definition) is 2. The fourth-order valence-corrected chi connectivity index (χ4v) is 4.63. The van der Waals surface area contributed by atoms with Gasteiger partial charge in [-0.25, -0.2) is 0 Å². The largest absolute Gasteiger partial charge is 0.357 e. The number of hydrogen-bond donors (Lipinski definition) is 2. The Bertz CT molecular complexity index is 1350. The van der Waals surface area contributed by atoms with Crippen molar-refractivity contribution in [3.8, 4) is 11.3 Å². The Kier molecular flexibility index (Phi) is 4.59. The van der Waals surface area contributed by atoms with Crippen LogP contribution in [0, 0.1) is 6.92 Å². The van der Waals surface area contributed by atoms with Crippen molar-refractivity contribution in [2.24, 2.45) is 0 Å². The molecule has 5 nitrogen and oxygen atoms in total. The molecule has 6 heteroatoms. The molecule has 0 saturated heterocycles. The molecule has 0 unspecified atom stereocenters. The summed E-state index contributed by atoms with van der Waals surface area (Å²) in [5, 5.41) is 1.11. The molecular weight excluding hydrogens is 442 g/mol. The average Bonchev–Trinajstić information content (AvgIpc) is 3.12. The number of halogens is 1. The first kappa shape index (κ1) is 18.9. The van der Waals surface area contributed by atoms with Crippen LogP contribution < -0.4 is 5.56 Å². The number of carbonyl (C=O) groups excluding carboxylic acids is 1. The van der Waals surface area contributed by atoms with E-state index >= 15 is 0 Å². The summed E-state index contributed by atoms with van der Waals surface area (Å²) in [5.41, 5.74) is 5.91. The highest BCUT2D eigenvalue weighted by molar-refractivity contribution is 9.10. The summed E-state index contributed by atoms with van der Waals surface area (Å²) in [7, 11) is 0. The average molecular weight is 462 g/mol. The summed E-state index contributed by atoms with van der Waals surface area (Å²) < 4.78 is 1.01. The van der Waals surface area contributed by atoms with E-state index in [0.29, 0.717) is 18.8 Å². The van der Waals surface area contributed by atoms with E-state index in [2.05, 4.69) is 32.0 Å². The van der Waals surface area contributed by atoms with E-state index < -0.39 is 0 Å². The summed E-state index contributed by atoms with van der Waals surface area (Å²) in [6.45, 7) is 3.08. The minimum Gasteiger partial charge on any atom is -0.357 e. The van der Waals surface area contributed by atoms with Gasteiger partial charge in [0.15, 0.2) is 0 Å². The van der Waals surface area contributed by atoms with Crippen molar-refractivity contribution >= 4 is 32.7 Å². The topological polar surface area (TPSA) is 69.0 Å². The first-order chi connectivity index (χ1) is 14.5. The van der Waals surface area contributed by atoms with Crippen LogP contribution in [0.2, 0.25) is 0 Å². The lowest BCUT2D eigenvalue weighted by atomic mass is 10.0. The number of rotatable bonds is 2. The lowest BCUT2D eigenvalue weighted by Gasteiger charge is -2.27. The lowest BCUT2D eigenvalue weighted by molar-refractivity contribution is 0.0733. The van der Waals surface area contributed by atoms with Gasteiger partial charge in [-0.3, -0.25) is 9.59 Å². The van der Waals surface area contributed by atoms with Crippen molar-refractivity contribution in [1.82, 2.24) is 14.9 Å². The van der Waals surface area contributed by atoms with E-state index in [4.69, 9.17) is 0 Å². The molecular formula is C24H20BrN3O2. The van der Waals surface area contributed by atoms with Gasteiger partial charge in [-0.1, -0.05) is 35.9 Å². The number of fused-ring (bicyclic) bond motifs is 3. The fourth-order valence-electron chi connectivity index (χ4n) is 4.17. The molecule has 1 aliphatic heterocycles. The summed E-state index contributed by atoms with van der Waals surface area (Å²) in [6.07, 6.45) is 0.738. The molecule has 0 saturated carbocycles. The highest BCUT2D eigenvalue weighted by Gasteiger charge is 2.26. The highest BCUT2D eigenvalue weighted by Crippen LogP contribution is 2.32. The van der Waals surface area contributed by atoms with Gasteiger partial charge in [0.1, 0.15) is 5.56 Å².